The summed E-state index contributed by atoms with van der Waals surface area (Å²) < 4.78 is 43.0. The van der Waals surface area contributed by atoms with Crippen molar-refractivity contribution in [2.45, 2.75) is 44.1 Å². The van der Waals surface area contributed by atoms with Gasteiger partial charge in [0.2, 0.25) is 0 Å². The highest BCUT2D eigenvalue weighted by molar-refractivity contribution is 5.73. The van der Waals surface area contributed by atoms with Crippen LogP contribution in [0.3, 0.4) is 0 Å². The zero-order chi connectivity index (χ0) is 26.2. The summed E-state index contributed by atoms with van der Waals surface area (Å²) in [4.78, 5) is 16.1. The predicted molar refractivity (Wildman–Crippen MR) is 134 cm³/mol. The van der Waals surface area contributed by atoms with Crippen LogP contribution in [0.1, 0.15) is 48.5 Å². The van der Waals surface area contributed by atoms with Crippen molar-refractivity contribution in [1.82, 2.24) is 35.0 Å². The predicted octanol–water partition coefficient (Wildman–Crippen LogP) is 4.87. The number of rotatable bonds is 7. The van der Waals surface area contributed by atoms with E-state index >= 15 is 0 Å². The highest BCUT2D eigenvalue weighted by Gasteiger charge is 2.29. The number of aliphatic hydroxyl groups is 1. The molecule has 5 aromatic rings. The van der Waals surface area contributed by atoms with Gasteiger partial charge in [-0.05, 0) is 72.9 Å². The zero-order valence-corrected chi connectivity index (χ0v) is 20.2. The van der Waals surface area contributed by atoms with Crippen molar-refractivity contribution in [3.05, 3.63) is 89.9 Å². The van der Waals surface area contributed by atoms with Crippen LogP contribution in [0.5, 0.6) is 0 Å². The minimum Gasteiger partial charge on any atom is -0.373 e. The molecule has 1 aliphatic rings. The van der Waals surface area contributed by atoms with Crippen molar-refractivity contribution >= 4 is 11.2 Å². The maximum atomic E-state index is 14.5. The van der Waals surface area contributed by atoms with Crippen LogP contribution in [0, 0.1) is 11.6 Å². The fourth-order valence-corrected chi connectivity index (χ4v) is 4.88. The Labute approximate surface area is 215 Å². The topological polar surface area (TPSA) is 105 Å². The molecule has 0 radical (unpaired) electrons. The van der Waals surface area contributed by atoms with Crippen LogP contribution in [-0.2, 0) is 6.54 Å². The Morgan fingerprint density at radius 2 is 1.89 bits per heavy atom. The molecule has 3 N–H and O–H groups in total. The summed E-state index contributed by atoms with van der Waals surface area (Å²) >= 11 is 0. The molecule has 38 heavy (non-hydrogen) atoms. The van der Waals surface area contributed by atoms with Crippen molar-refractivity contribution in [3.8, 4) is 16.8 Å². The Hall–Kier alpha value is -4.09. The lowest BCUT2D eigenvalue weighted by Gasteiger charge is -2.13. The molecular formula is C27H24F3N7O. The quantitative estimate of drug-likeness (QED) is 0.265. The largest absolute Gasteiger partial charge is 0.373 e. The molecule has 3 aromatic heterocycles. The van der Waals surface area contributed by atoms with Gasteiger partial charge in [-0.3, -0.25) is 5.32 Å². The lowest BCUT2D eigenvalue weighted by molar-refractivity contribution is 0.134. The first-order chi connectivity index (χ1) is 18.4. The second-order valence-electron chi connectivity index (χ2n) is 9.47. The molecule has 3 atom stereocenters. The summed E-state index contributed by atoms with van der Waals surface area (Å²) in [5, 5.41) is 18.1. The number of alkyl halides is 1. The van der Waals surface area contributed by atoms with Gasteiger partial charge in [0.1, 0.15) is 41.2 Å². The van der Waals surface area contributed by atoms with Crippen LogP contribution in [0.25, 0.3) is 28.0 Å². The number of H-pyrrole nitrogens is 1. The third kappa shape index (κ3) is 4.90. The van der Waals surface area contributed by atoms with Crippen LogP contribution in [0.2, 0.25) is 0 Å². The van der Waals surface area contributed by atoms with E-state index in [1.165, 1.54) is 30.6 Å². The van der Waals surface area contributed by atoms with Gasteiger partial charge in [-0.15, -0.1) is 0 Å². The van der Waals surface area contributed by atoms with Crippen molar-refractivity contribution in [2.75, 3.05) is 0 Å². The van der Waals surface area contributed by atoms with Crippen LogP contribution in [0.15, 0.2) is 61.2 Å². The highest BCUT2D eigenvalue weighted by Crippen LogP contribution is 2.35. The molecule has 1 fully saturated rings. The molecule has 1 saturated carbocycles. The number of aromatic nitrogens is 6. The van der Waals surface area contributed by atoms with E-state index in [2.05, 4.69) is 30.4 Å². The van der Waals surface area contributed by atoms with Gasteiger partial charge in [0.15, 0.2) is 11.9 Å². The van der Waals surface area contributed by atoms with Crippen molar-refractivity contribution < 1.29 is 18.3 Å². The first-order valence-corrected chi connectivity index (χ1v) is 12.3. The summed E-state index contributed by atoms with van der Waals surface area (Å²) in [5.74, 6) is -0.154. The fraction of sp³-hybridized carbons (Fsp3) is 0.259. The molecule has 0 saturated heterocycles. The van der Waals surface area contributed by atoms with Crippen LogP contribution >= 0.6 is 0 Å². The van der Waals surface area contributed by atoms with Gasteiger partial charge >= 0.3 is 0 Å². The first-order valence-electron chi connectivity index (χ1n) is 12.3. The van der Waals surface area contributed by atoms with Crippen molar-refractivity contribution in [1.29, 1.82) is 0 Å². The molecule has 2 aromatic carbocycles. The Morgan fingerprint density at radius 1 is 1.05 bits per heavy atom. The van der Waals surface area contributed by atoms with E-state index in [-0.39, 0.29) is 18.3 Å². The summed E-state index contributed by atoms with van der Waals surface area (Å²) in [7, 11) is 0. The van der Waals surface area contributed by atoms with Gasteiger partial charge in [0.05, 0.1) is 11.9 Å². The number of benzene rings is 2. The minimum atomic E-state index is -1.18. The lowest BCUT2D eigenvalue weighted by atomic mass is 10.1. The number of aromatic amines is 1. The smallest absolute Gasteiger partial charge is 0.181 e. The van der Waals surface area contributed by atoms with Crippen molar-refractivity contribution in [3.63, 3.8) is 0 Å². The molecule has 0 amide bonds. The van der Waals surface area contributed by atoms with Gasteiger partial charge < -0.3 is 10.1 Å². The molecule has 3 unspecified atom stereocenters. The molecule has 0 aliphatic heterocycles. The second kappa shape index (κ2) is 9.99. The Morgan fingerprint density at radius 3 is 2.68 bits per heavy atom. The number of halogens is 3. The van der Waals surface area contributed by atoms with E-state index in [9.17, 15) is 18.3 Å². The maximum absolute atomic E-state index is 14.5. The number of hydrogen-bond donors (Lipinski definition) is 3. The molecule has 3 heterocycles. The fourth-order valence-electron chi connectivity index (χ4n) is 4.88. The number of aliphatic hydroxyl groups excluding tert-OH is 1. The molecule has 8 nitrogen and oxygen atoms in total. The van der Waals surface area contributed by atoms with E-state index in [4.69, 9.17) is 0 Å². The average Bonchev–Trinajstić information content (AvgIpc) is 3.66. The maximum Gasteiger partial charge on any atom is 0.181 e. The van der Waals surface area contributed by atoms with Crippen molar-refractivity contribution in [2.24, 2.45) is 0 Å². The van der Waals surface area contributed by atoms with Crippen LogP contribution in [0.4, 0.5) is 13.2 Å². The summed E-state index contributed by atoms with van der Waals surface area (Å²) in [6, 6.07) is 10.5. The van der Waals surface area contributed by atoms with E-state index in [1.807, 2.05) is 0 Å². The van der Waals surface area contributed by atoms with E-state index < -0.39 is 18.2 Å². The van der Waals surface area contributed by atoms with Gasteiger partial charge in [-0.25, -0.2) is 32.8 Å². The molecule has 1 aliphatic carbocycles. The average molecular weight is 520 g/mol. The van der Waals surface area contributed by atoms with Crippen LogP contribution < -0.4 is 5.32 Å². The summed E-state index contributed by atoms with van der Waals surface area (Å²) in [6.07, 6.45) is 4.26. The third-order valence-electron chi connectivity index (χ3n) is 6.81. The Bertz CT molecular complexity index is 1580. The third-order valence-corrected chi connectivity index (χ3v) is 6.81. The zero-order valence-electron chi connectivity index (χ0n) is 20.2. The Kier molecular flexibility index (Phi) is 6.38. The second-order valence-corrected chi connectivity index (χ2v) is 9.47. The molecule has 194 valence electrons. The number of imidazole rings is 1. The number of hydrogen-bond acceptors (Lipinski definition) is 6. The number of nitrogens with zero attached hydrogens (tertiary/aromatic N) is 5. The van der Waals surface area contributed by atoms with E-state index in [0.29, 0.717) is 64.3 Å². The summed E-state index contributed by atoms with van der Waals surface area (Å²) in [6.45, 7) is 0.149. The SMILES string of the molecule is OC(NCc1cc(F)cc(-c2cnn(-c3ccc(F)cc3)c2)c1)c1ncnc2nc(C3CCC(F)C3)[nH]c12. The molecule has 11 heteroatoms. The molecule has 0 bridgehead atoms. The Balaban J connectivity index is 1.19. The molecular weight excluding hydrogens is 495 g/mol. The monoisotopic (exact) mass is 519 g/mol. The summed E-state index contributed by atoms with van der Waals surface area (Å²) in [5.41, 5.74) is 3.76. The lowest BCUT2D eigenvalue weighted by Crippen LogP contribution is -2.22. The highest BCUT2D eigenvalue weighted by atomic mass is 19.1. The molecule has 6 rings (SSSR count). The number of nitrogens with one attached hydrogen (secondary N) is 2. The van der Waals surface area contributed by atoms with E-state index in [0.717, 1.165) is 0 Å². The minimum absolute atomic E-state index is 0.0183. The van der Waals surface area contributed by atoms with E-state index in [1.54, 1.807) is 35.3 Å². The number of fused-ring (bicyclic) bond motifs is 1. The van der Waals surface area contributed by atoms with Gasteiger partial charge in [0, 0.05) is 24.2 Å². The normalized spacial score (nSPS) is 18.3. The van der Waals surface area contributed by atoms with Gasteiger partial charge in [0.25, 0.3) is 0 Å². The van der Waals surface area contributed by atoms with Gasteiger partial charge in [-0.2, -0.15) is 5.10 Å². The van der Waals surface area contributed by atoms with Gasteiger partial charge in [-0.1, -0.05) is 0 Å². The van der Waals surface area contributed by atoms with Crippen LogP contribution in [-0.4, -0.2) is 41.0 Å². The molecule has 0 spiro atoms. The standard InChI is InChI=1S/C27H24F3N7O/c28-19-3-5-22(6-4-19)37-13-18(12-34-37)17-7-15(8-21(30)10-17)11-31-27(38)24-23-26(33-14-32-24)36-25(35-23)16-1-2-20(29)9-16/h3-8,10,12-14,16,20,27,31,38H,1-2,9,11H2,(H,32,33,35,36). The first kappa shape index (κ1) is 24.3.